The van der Waals surface area contributed by atoms with Crippen molar-refractivity contribution in [3.63, 3.8) is 0 Å². The number of nitrogens with zero attached hydrogens (tertiary/aromatic N) is 1. The van der Waals surface area contributed by atoms with Crippen molar-refractivity contribution in [3.8, 4) is 5.75 Å². The number of hydrogen-bond acceptors (Lipinski definition) is 3. The third kappa shape index (κ3) is 5.31. The van der Waals surface area contributed by atoms with Crippen molar-refractivity contribution < 1.29 is 9.53 Å². The third-order valence-corrected chi connectivity index (χ3v) is 6.43. The van der Waals surface area contributed by atoms with Gasteiger partial charge in [-0.2, -0.15) is 0 Å². The average molecular weight is 405 g/mol. The summed E-state index contributed by atoms with van der Waals surface area (Å²) in [6.07, 6.45) is 7.40. The van der Waals surface area contributed by atoms with Gasteiger partial charge in [0.25, 0.3) is 0 Å². The molecule has 4 rings (SSSR count). The fourth-order valence-electron chi connectivity index (χ4n) is 4.57. The van der Waals surface area contributed by atoms with Crippen LogP contribution < -0.4 is 10.1 Å². The number of piperidine rings is 1. The monoisotopic (exact) mass is 404 g/mol. The minimum Gasteiger partial charge on any atom is -0.497 e. The lowest BCUT2D eigenvalue weighted by atomic mass is 9.90. The second-order valence-corrected chi connectivity index (χ2v) is 8.46. The number of fused-ring (bicyclic) bond motifs is 1. The zero-order valence-electron chi connectivity index (χ0n) is 17.9. The van der Waals surface area contributed by atoms with Gasteiger partial charge in [-0.1, -0.05) is 36.4 Å². The van der Waals surface area contributed by atoms with E-state index in [2.05, 4.69) is 46.6 Å². The number of benzene rings is 2. The zero-order chi connectivity index (χ0) is 20.8. The van der Waals surface area contributed by atoms with Crippen molar-refractivity contribution in [2.45, 2.75) is 32.1 Å². The second-order valence-electron chi connectivity index (χ2n) is 8.46. The molecule has 0 unspecified atom stereocenters. The number of methoxy groups -OCH3 is 1. The predicted octanol–water partition coefficient (Wildman–Crippen LogP) is 4.10. The van der Waals surface area contributed by atoms with Crippen molar-refractivity contribution in [1.29, 1.82) is 0 Å². The first kappa shape index (κ1) is 20.7. The zero-order valence-corrected chi connectivity index (χ0v) is 17.9. The highest BCUT2D eigenvalue weighted by molar-refractivity contribution is 5.98. The lowest BCUT2D eigenvalue weighted by molar-refractivity contribution is -0.117. The maximum absolute atomic E-state index is 12.6. The highest BCUT2D eigenvalue weighted by Gasteiger charge is 2.20. The molecule has 1 heterocycles. The van der Waals surface area contributed by atoms with Gasteiger partial charge in [0.05, 0.1) is 7.11 Å². The number of hydrogen-bond donors (Lipinski definition) is 1. The number of carbonyl (C=O) groups excluding carboxylic acids is 1. The van der Waals surface area contributed by atoms with E-state index >= 15 is 0 Å². The molecule has 1 aliphatic carbocycles. The summed E-state index contributed by atoms with van der Waals surface area (Å²) in [4.78, 5) is 15.1. The summed E-state index contributed by atoms with van der Waals surface area (Å²) in [5.41, 5.74) is 4.71. The van der Waals surface area contributed by atoms with Crippen molar-refractivity contribution in [2.75, 3.05) is 33.3 Å². The Labute approximate surface area is 179 Å². The molecular formula is C26H32N2O2. The van der Waals surface area contributed by atoms with Crippen LogP contribution in [0.25, 0.3) is 6.08 Å². The average Bonchev–Trinajstić information content (AvgIpc) is 2.80. The summed E-state index contributed by atoms with van der Waals surface area (Å²) >= 11 is 0. The standard InChI is InChI=1S/C26H32N2O2/c1-30-25-10-9-22-7-8-23(18-24(22)19-25)26(29)27-13-16-28-14-11-21(12-15-28)17-20-5-3-2-4-6-20/h2-6,9-10,18-19,21H,7-8,11-17H2,1H3,(H,27,29). The highest BCUT2D eigenvalue weighted by Crippen LogP contribution is 2.27. The third-order valence-electron chi connectivity index (χ3n) is 6.43. The minimum absolute atomic E-state index is 0.0717. The van der Waals surface area contributed by atoms with Gasteiger partial charge in [-0.15, -0.1) is 0 Å². The molecule has 1 aliphatic heterocycles. The first-order chi connectivity index (χ1) is 14.7. The number of rotatable bonds is 7. The Morgan fingerprint density at radius 2 is 1.90 bits per heavy atom. The van der Waals surface area contributed by atoms with Crippen LogP contribution in [0.3, 0.4) is 0 Å². The molecule has 0 radical (unpaired) electrons. The van der Waals surface area contributed by atoms with E-state index in [9.17, 15) is 4.79 Å². The van der Waals surface area contributed by atoms with Crippen LogP contribution in [0.1, 0.15) is 36.0 Å². The van der Waals surface area contributed by atoms with Gasteiger partial charge in [-0.3, -0.25) is 4.79 Å². The lowest BCUT2D eigenvalue weighted by Gasteiger charge is -2.32. The Bertz CT molecular complexity index is 883. The molecule has 1 saturated heterocycles. The first-order valence-corrected chi connectivity index (χ1v) is 11.1. The van der Waals surface area contributed by atoms with Crippen molar-refractivity contribution in [3.05, 3.63) is 70.8 Å². The Morgan fingerprint density at radius 1 is 1.10 bits per heavy atom. The van der Waals surface area contributed by atoms with Crippen LogP contribution in [0, 0.1) is 5.92 Å². The van der Waals surface area contributed by atoms with Gasteiger partial charge in [0.15, 0.2) is 0 Å². The number of amides is 1. The van der Waals surface area contributed by atoms with Gasteiger partial charge < -0.3 is 15.0 Å². The van der Waals surface area contributed by atoms with Gasteiger partial charge >= 0.3 is 0 Å². The topological polar surface area (TPSA) is 41.6 Å². The molecule has 1 N–H and O–H groups in total. The van der Waals surface area contributed by atoms with Crippen LogP contribution in [-0.2, 0) is 17.6 Å². The SMILES string of the molecule is COc1ccc2c(c1)C=C(C(=O)NCCN1CCC(Cc3ccccc3)CC1)CC2. The highest BCUT2D eigenvalue weighted by atomic mass is 16.5. The molecule has 4 heteroatoms. The molecule has 2 aliphatic rings. The second kappa shape index (κ2) is 9.94. The van der Waals surface area contributed by atoms with Crippen LogP contribution in [0.5, 0.6) is 5.75 Å². The maximum atomic E-state index is 12.6. The Balaban J connectivity index is 1.20. The summed E-state index contributed by atoms with van der Waals surface area (Å²) in [5, 5.41) is 3.13. The fraction of sp³-hybridized carbons (Fsp3) is 0.423. The van der Waals surface area contributed by atoms with Gasteiger partial charge in [0.2, 0.25) is 5.91 Å². The summed E-state index contributed by atoms with van der Waals surface area (Å²) in [6, 6.07) is 16.9. The predicted molar refractivity (Wildman–Crippen MR) is 122 cm³/mol. The van der Waals surface area contributed by atoms with Crippen LogP contribution in [0.15, 0.2) is 54.1 Å². The number of aryl methyl sites for hydroxylation is 1. The van der Waals surface area contributed by atoms with E-state index in [0.717, 1.165) is 55.3 Å². The Kier molecular flexibility index (Phi) is 6.85. The van der Waals surface area contributed by atoms with E-state index in [-0.39, 0.29) is 5.91 Å². The lowest BCUT2D eigenvalue weighted by Crippen LogP contribution is -2.40. The molecule has 4 nitrogen and oxygen atoms in total. The van der Waals surface area contributed by atoms with Gasteiger partial charge in [0.1, 0.15) is 5.75 Å². The molecule has 0 aromatic heterocycles. The quantitative estimate of drug-likeness (QED) is 0.756. The summed E-state index contributed by atoms with van der Waals surface area (Å²) in [5.74, 6) is 1.69. The van der Waals surface area contributed by atoms with E-state index in [4.69, 9.17) is 4.74 Å². The summed E-state index contributed by atoms with van der Waals surface area (Å²) in [7, 11) is 1.67. The van der Waals surface area contributed by atoms with Crippen molar-refractivity contribution in [1.82, 2.24) is 10.2 Å². The van der Waals surface area contributed by atoms with Crippen LogP contribution >= 0.6 is 0 Å². The maximum Gasteiger partial charge on any atom is 0.247 e. The Hall–Kier alpha value is -2.59. The van der Waals surface area contributed by atoms with Crippen LogP contribution in [0.4, 0.5) is 0 Å². The molecule has 1 fully saturated rings. The van der Waals surface area contributed by atoms with Crippen LogP contribution in [-0.4, -0.2) is 44.1 Å². The molecule has 30 heavy (non-hydrogen) atoms. The van der Waals surface area contributed by atoms with Gasteiger partial charge in [-0.05, 0) is 86.0 Å². The first-order valence-electron chi connectivity index (χ1n) is 11.1. The minimum atomic E-state index is 0.0717. The largest absolute Gasteiger partial charge is 0.497 e. The molecular weight excluding hydrogens is 372 g/mol. The summed E-state index contributed by atoms with van der Waals surface area (Å²) in [6.45, 7) is 3.90. The number of nitrogens with one attached hydrogen (secondary N) is 1. The van der Waals surface area contributed by atoms with Crippen molar-refractivity contribution >= 4 is 12.0 Å². The smallest absolute Gasteiger partial charge is 0.247 e. The van der Waals surface area contributed by atoms with E-state index in [1.54, 1.807) is 7.11 Å². The molecule has 0 atom stereocenters. The Morgan fingerprint density at radius 3 is 2.67 bits per heavy atom. The van der Waals surface area contributed by atoms with Crippen molar-refractivity contribution in [2.24, 2.45) is 5.92 Å². The van der Waals surface area contributed by atoms with E-state index in [1.807, 2.05) is 18.2 Å². The molecule has 2 aromatic rings. The number of carbonyl (C=O) groups is 1. The normalized spacial score (nSPS) is 17.2. The van der Waals surface area contributed by atoms with Gasteiger partial charge in [0, 0.05) is 18.7 Å². The molecule has 2 aromatic carbocycles. The van der Waals surface area contributed by atoms with Crippen LogP contribution in [0.2, 0.25) is 0 Å². The molecule has 0 bridgehead atoms. The van der Waals surface area contributed by atoms with E-state index in [1.165, 1.54) is 30.4 Å². The molecule has 0 saturated carbocycles. The summed E-state index contributed by atoms with van der Waals surface area (Å²) < 4.78 is 5.31. The van der Waals surface area contributed by atoms with E-state index < -0.39 is 0 Å². The fourth-order valence-corrected chi connectivity index (χ4v) is 4.57. The molecule has 1 amide bonds. The molecule has 0 spiro atoms. The van der Waals surface area contributed by atoms with Gasteiger partial charge in [-0.25, -0.2) is 0 Å². The van der Waals surface area contributed by atoms with E-state index in [0.29, 0.717) is 6.54 Å². The number of ether oxygens (including phenoxy) is 1. The molecule has 158 valence electrons. The number of likely N-dealkylation sites (tertiary alicyclic amines) is 1.